The fraction of sp³-hybridized carbons (Fsp3) is 0.375. The van der Waals surface area contributed by atoms with Crippen molar-refractivity contribution in [1.29, 1.82) is 0 Å². The van der Waals surface area contributed by atoms with Gasteiger partial charge in [-0.3, -0.25) is 0 Å². The van der Waals surface area contributed by atoms with E-state index in [1.54, 1.807) is 6.07 Å². The van der Waals surface area contributed by atoms with Crippen LogP contribution in [0.15, 0.2) is 24.3 Å². The fourth-order valence-electron chi connectivity index (χ4n) is 2.00. The topological polar surface area (TPSA) is 57.7 Å². The Labute approximate surface area is 123 Å². The van der Waals surface area contributed by atoms with E-state index in [4.69, 9.17) is 14.2 Å². The molecule has 0 saturated carbocycles. The van der Waals surface area contributed by atoms with Gasteiger partial charge in [0.05, 0.1) is 20.3 Å². The van der Waals surface area contributed by atoms with Gasteiger partial charge in [-0.2, -0.15) is 0 Å². The first-order valence-electron chi connectivity index (χ1n) is 6.98. The molecule has 21 heavy (non-hydrogen) atoms. The summed E-state index contributed by atoms with van der Waals surface area (Å²) in [4.78, 5) is 16.1. The number of carbonyl (C=O) groups excluding carboxylic acids is 1. The molecule has 0 atom stereocenters. The van der Waals surface area contributed by atoms with Crippen LogP contribution in [-0.4, -0.2) is 31.3 Å². The number of para-hydroxylation sites is 1. The number of pyridine rings is 1. The van der Waals surface area contributed by atoms with Gasteiger partial charge in [-0.05, 0) is 25.5 Å². The zero-order chi connectivity index (χ0) is 15.2. The largest absolute Gasteiger partial charge is 0.493 e. The van der Waals surface area contributed by atoms with Crippen molar-refractivity contribution < 1.29 is 19.0 Å². The number of benzene rings is 1. The van der Waals surface area contributed by atoms with Gasteiger partial charge in [0.2, 0.25) is 0 Å². The first-order chi connectivity index (χ1) is 10.2. The summed E-state index contributed by atoms with van der Waals surface area (Å²) in [5.74, 6) is 0.744. The molecule has 0 fully saturated rings. The van der Waals surface area contributed by atoms with E-state index in [1.165, 1.54) is 7.11 Å². The normalized spacial score (nSPS) is 10.4. The number of esters is 1. The molecule has 5 nitrogen and oxygen atoms in total. The third kappa shape index (κ3) is 3.24. The van der Waals surface area contributed by atoms with E-state index >= 15 is 0 Å². The van der Waals surface area contributed by atoms with Gasteiger partial charge in [-0.1, -0.05) is 13.0 Å². The Balaban J connectivity index is 2.61. The van der Waals surface area contributed by atoms with Crippen LogP contribution in [0.2, 0.25) is 0 Å². The lowest BCUT2D eigenvalue weighted by molar-refractivity contribution is 0.0594. The Bertz CT molecular complexity index is 639. The number of carbonyl (C=O) groups is 1. The number of nitrogens with zero attached hydrogens (tertiary/aromatic N) is 1. The van der Waals surface area contributed by atoms with Gasteiger partial charge in [-0.25, -0.2) is 9.78 Å². The van der Waals surface area contributed by atoms with Crippen LogP contribution in [-0.2, 0) is 4.74 Å². The minimum Gasteiger partial charge on any atom is -0.493 e. The monoisotopic (exact) mass is 289 g/mol. The minimum atomic E-state index is -0.497. The number of ether oxygens (including phenoxy) is 3. The highest BCUT2D eigenvalue weighted by atomic mass is 16.5. The molecule has 0 aliphatic rings. The maximum absolute atomic E-state index is 11.8. The minimum absolute atomic E-state index is 0.209. The van der Waals surface area contributed by atoms with Crippen LogP contribution in [0.25, 0.3) is 10.9 Å². The average Bonchev–Trinajstić information content (AvgIpc) is 2.52. The van der Waals surface area contributed by atoms with E-state index in [0.29, 0.717) is 30.2 Å². The molecule has 2 aromatic rings. The summed E-state index contributed by atoms with van der Waals surface area (Å²) in [5, 5.41) is 0.818. The third-order valence-corrected chi connectivity index (χ3v) is 2.92. The Morgan fingerprint density at radius 1 is 1.19 bits per heavy atom. The van der Waals surface area contributed by atoms with Gasteiger partial charge >= 0.3 is 5.97 Å². The highest BCUT2D eigenvalue weighted by Crippen LogP contribution is 2.32. The lowest BCUT2D eigenvalue weighted by Crippen LogP contribution is -2.07. The molecule has 0 bridgehead atoms. The van der Waals surface area contributed by atoms with Gasteiger partial charge in [0.25, 0.3) is 0 Å². The fourth-order valence-corrected chi connectivity index (χ4v) is 2.00. The number of methoxy groups -OCH3 is 1. The predicted octanol–water partition coefficient (Wildman–Crippen LogP) is 3.21. The van der Waals surface area contributed by atoms with E-state index in [1.807, 2.05) is 32.0 Å². The Hall–Kier alpha value is -2.30. The van der Waals surface area contributed by atoms with E-state index in [0.717, 1.165) is 11.8 Å². The third-order valence-electron chi connectivity index (χ3n) is 2.92. The van der Waals surface area contributed by atoms with Crippen molar-refractivity contribution in [1.82, 2.24) is 4.98 Å². The molecule has 0 aliphatic heterocycles. The molecule has 0 spiro atoms. The smallest absolute Gasteiger partial charge is 0.356 e. The molecule has 1 heterocycles. The lowest BCUT2D eigenvalue weighted by atomic mass is 10.1. The highest BCUT2D eigenvalue weighted by molar-refractivity contribution is 5.96. The van der Waals surface area contributed by atoms with Crippen molar-refractivity contribution in [2.75, 3.05) is 20.3 Å². The summed E-state index contributed by atoms with van der Waals surface area (Å²) >= 11 is 0. The number of rotatable bonds is 6. The van der Waals surface area contributed by atoms with Crippen molar-refractivity contribution in [3.05, 3.63) is 30.0 Å². The van der Waals surface area contributed by atoms with Crippen LogP contribution in [0, 0.1) is 0 Å². The van der Waals surface area contributed by atoms with Gasteiger partial charge in [-0.15, -0.1) is 0 Å². The van der Waals surface area contributed by atoms with Crippen LogP contribution in [0.1, 0.15) is 30.8 Å². The van der Waals surface area contributed by atoms with E-state index < -0.39 is 5.97 Å². The van der Waals surface area contributed by atoms with Crippen LogP contribution in [0.3, 0.4) is 0 Å². The SMILES string of the molecule is CCCOc1cccc2c(OCC)cc(C(=O)OC)nc12. The second-order valence-electron chi connectivity index (χ2n) is 4.43. The summed E-state index contributed by atoms with van der Waals surface area (Å²) in [7, 11) is 1.33. The molecule has 0 aliphatic carbocycles. The van der Waals surface area contributed by atoms with Crippen molar-refractivity contribution in [2.24, 2.45) is 0 Å². The summed E-state index contributed by atoms with van der Waals surface area (Å²) < 4.78 is 16.1. The van der Waals surface area contributed by atoms with Crippen molar-refractivity contribution in [2.45, 2.75) is 20.3 Å². The van der Waals surface area contributed by atoms with Gasteiger partial charge in [0.1, 0.15) is 17.0 Å². The Morgan fingerprint density at radius 2 is 2.00 bits per heavy atom. The molecule has 1 aromatic heterocycles. The lowest BCUT2D eigenvalue weighted by Gasteiger charge is -2.12. The maximum atomic E-state index is 11.8. The molecular formula is C16H19NO4. The Kier molecular flexibility index (Phi) is 4.98. The first-order valence-corrected chi connectivity index (χ1v) is 6.98. The van der Waals surface area contributed by atoms with Crippen molar-refractivity contribution >= 4 is 16.9 Å². The van der Waals surface area contributed by atoms with E-state index in [-0.39, 0.29) is 5.69 Å². The van der Waals surface area contributed by atoms with Crippen LogP contribution in [0.5, 0.6) is 11.5 Å². The van der Waals surface area contributed by atoms with E-state index in [9.17, 15) is 4.79 Å². The molecule has 112 valence electrons. The molecule has 0 N–H and O–H groups in total. The molecule has 5 heteroatoms. The van der Waals surface area contributed by atoms with Crippen LogP contribution < -0.4 is 9.47 Å². The molecular weight excluding hydrogens is 270 g/mol. The second kappa shape index (κ2) is 6.92. The number of aromatic nitrogens is 1. The molecule has 1 aromatic carbocycles. The quantitative estimate of drug-likeness (QED) is 0.764. The Morgan fingerprint density at radius 3 is 2.67 bits per heavy atom. The average molecular weight is 289 g/mol. The van der Waals surface area contributed by atoms with Gasteiger partial charge < -0.3 is 14.2 Å². The maximum Gasteiger partial charge on any atom is 0.356 e. The van der Waals surface area contributed by atoms with Crippen molar-refractivity contribution in [3.8, 4) is 11.5 Å². The highest BCUT2D eigenvalue weighted by Gasteiger charge is 2.15. The molecule has 0 unspecified atom stereocenters. The number of hydrogen-bond acceptors (Lipinski definition) is 5. The molecule has 2 rings (SSSR count). The van der Waals surface area contributed by atoms with Crippen molar-refractivity contribution in [3.63, 3.8) is 0 Å². The summed E-state index contributed by atoms with van der Waals surface area (Å²) in [5.41, 5.74) is 0.818. The summed E-state index contributed by atoms with van der Waals surface area (Å²) in [6, 6.07) is 7.21. The summed E-state index contributed by atoms with van der Waals surface area (Å²) in [6.07, 6.45) is 0.894. The van der Waals surface area contributed by atoms with Crippen LogP contribution >= 0.6 is 0 Å². The first kappa shape index (κ1) is 15.1. The molecule has 0 radical (unpaired) electrons. The molecule has 0 saturated heterocycles. The second-order valence-corrected chi connectivity index (χ2v) is 4.43. The van der Waals surface area contributed by atoms with Gasteiger partial charge in [0.15, 0.2) is 5.69 Å². The molecule has 0 amide bonds. The number of fused-ring (bicyclic) bond motifs is 1. The predicted molar refractivity (Wildman–Crippen MR) is 80.0 cm³/mol. The van der Waals surface area contributed by atoms with Gasteiger partial charge in [0, 0.05) is 11.5 Å². The van der Waals surface area contributed by atoms with E-state index in [2.05, 4.69) is 4.98 Å². The van der Waals surface area contributed by atoms with Crippen LogP contribution in [0.4, 0.5) is 0 Å². The number of hydrogen-bond donors (Lipinski definition) is 0. The summed E-state index contributed by atoms with van der Waals surface area (Å²) in [6.45, 7) is 5.01. The zero-order valence-corrected chi connectivity index (χ0v) is 12.5. The standard InChI is InChI=1S/C16H19NO4/c1-4-9-21-13-8-6-7-11-14(20-5-2)10-12(16(18)19-3)17-15(11)13/h6-8,10H,4-5,9H2,1-3H3. The zero-order valence-electron chi connectivity index (χ0n) is 12.5.